The van der Waals surface area contributed by atoms with Gasteiger partial charge in [0.2, 0.25) is 0 Å². The standard InChI is InChI=1S/C19H21NO2.ClH/c20-18-17(21)15-12-14(13-6-2-1-3-7-13)8-9-16(15)22-19(18)10-4-5-11-19;/h1-3,6-9,12,17-18,21H,4-5,10-11,20H2;1H. The molecule has 4 heteroatoms. The van der Waals surface area contributed by atoms with Crippen molar-refractivity contribution >= 4 is 12.4 Å². The molecule has 1 spiro atoms. The van der Waals surface area contributed by atoms with Gasteiger partial charge in [-0.2, -0.15) is 0 Å². The molecule has 1 saturated carbocycles. The lowest BCUT2D eigenvalue weighted by atomic mass is 9.82. The molecule has 1 fully saturated rings. The number of benzene rings is 2. The third-order valence-electron chi connectivity index (χ3n) is 5.15. The minimum atomic E-state index is -0.662. The Morgan fingerprint density at radius 1 is 1.00 bits per heavy atom. The highest BCUT2D eigenvalue weighted by Gasteiger charge is 2.49. The fourth-order valence-corrected chi connectivity index (χ4v) is 3.86. The third-order valence-corrected chi connectivity index (χ3v) is 5.15. The summed E-state index contributed by atoms with van der Waals surface area (Å²) in [6.07, 6.45) is 3.46. The molecule has 2 unspecified atom stereocenters. The summed E-state index contributed by atoms with van der Waals surface area (Å²) in [5.41, 5.74) is 9.00. The average Bonchev–Trinajstić information content (AvgIpc) is 3.03. The van der Waals surface area contributed by atoms with Crippen LogP contribution in [0.15, 0.2) is 48.5 Å². The Kier molecular flexibility index (Phi) is 4.37. The number of ether oxygens (including phenoxy) is 1. The summed E-state index contributed by atoms with van der Waals surface area (Å²) < 4.78 is 6.27. The summed E-state index contributed by atoms with van der Waals surface area (Å²) in [5, 5.41) is 10.7. The molecule has 23 heavy (non-hydrogen) atoms. The van der Waals surface area contributed by atoms with Crippen molar-refractivity contribution in [1.82, 2.24) is 0 Å². The second kappa shape index (κ2) is 6.16. The predicted octanol–water partition coefficient (Wildman–Crippen LogP) is 3.84. The van der Waals surface area contributed by atoms with Crippen molar-refractivity contribution in [2.24, 2.45) is 5.73 Å². The zero-order valence-corrected chi connectivity index (χ0v) is 13.8. The minimum absolute atomic E-state index is 0. The van der Waals surface area contributed by atoms with Crippen LogP contribution in [0, 0.1) is 0 Å². The molecule has 3 nitrogen and oxygen atoms in total. The van der Waals surface area contributed by atoms with E-state index >= 15 is 0 Å². The van der Waals surface area contributed by atoms with Gasteiger partial charge in [-0.25, -0.2) is 0 Å². The highest BCUT2D eigenvalue weighted by molar-refractivity contribution is 5.85. The number of nitrogens with two attached hydrogens (primary N) is 1. The predicted molar refractivity (Wildman–Crippen MR) is 93.9 cm³/mol. The maximum absolute atomic E-state index is 10.7. The van der Waals surface area contributed by atoms with Gasteiger partial charge in [-0.05, 0) is 48.9 Å². The molecular formula is C19H22ClNO2. The van der Waals surface area contributed by atoms with Crippen LogP contribution in [0.2, 0.25) is 0 Å². The van der Waals surface area contributed by atoms with Crippen LogP contribution in [0.5, 0.6) is 5.75 Å². The van der Waals surface area contributed by atoms with E-state index in [1.807, 2.05) is 30.3 Å². The quantitative estimate of drug-likeness (QED) is 0.834. The van der Waals surface area contributed by atoms with Crippen molar-refractivity contribution in [2.75, 3.05) is 0 Å². The summed E-state index contributed by atoms with van der Waals surface area (Å²) in [7, 11) is 0. The second-order valence-corrected chi connectivity index (χ2v) is 6.46. The molecule has 4 rings (SSSR count). The SMILES string of the molecule is Cl.NC1C(O)c2cc(-c3ccccc3)ccc2OC12CCCC2. The number of halogens is 1. The summed E-state index contributed by atoms with van der Waals surface area (Å²) in [6.45, 7) is 0. The van der Waals surface area contributed by atoms with Crippen molar-refractivity contribution in [1.29, 1.82) is 0 Å². The van der Waals surface area contributed by atoms with Gasteiger partial charge in [-0.15, -0.1) is 12.4 Å². The summed E-state index contributed by atoms with van der Waals surface area (Å²) in [4.78, 5) is 0. The zero-order valence-electron chi connectivity index (χ0n) is 12.9. The van der Waals surface area contributed by atoms with Gasteiger partial charge in [0.05, 0.1) is 6.04 Å². The molecule has 1 aliphatic heterocycles. The Morgan fingerprint density at radius 2 is 1.70 bits per heavy atom. The fraction of sp³-hybridized carbons (Fsp3) is 0.368. The van der Waals surface area contributed by atoms with Crippen LogP contribution in [0.4, 0.5) is 0 Å². The third kappa shape index (κ3) is 2.63. The smallest absolute Gasteiger partial charge is 0.127 e. The Labute approximate surface area is 142 Å². The molecule has 0 amide bonds. The maximum atomic E-state index is 10.7. The molecule has 0 saturated heterocycles. The topological polar surface area (TPSA) is 55.5 Å². The molecule has 2 aliphatic rings. The number of aliphatic hydroxyl groups excluding tert-OH is 1. The molecular weight excluding hydrogens is 310 g/mol. The van der Waals surface area contributed by atoms with Crippen molar-refractivity contribution < 1.29 is 9.84 Å². The summed E-state index contributed by atoms with van der Waals surface area (Å²) >= 11 is 0. The number of aliphatic hydroxyl groups is 1. The van der Waals surface area contributed by atoms with Crippen molar-refractivity contribution in [3.63, 3.8) is 0 Å². The van der Waals surface area contributed by atoms with Gasteiger partial charge in [-0.1, -0.05) is 36.4 Å². The van der Waals surface area contributed by atoms with Crippen LogP contribution in [0.25, 0.3) is 11.1 Å². The van der Waals surface area contributed by atoms with E-state index < -0.39 is 6.10 Å². The molecule has 122 valence electrons. The van der Waals surface area contributed by atoms with E-state index in [1.54, 1.807) is 0 Å². The van der Waals surface area contributed by atoms with Gasteiger partial charge in [0, 0.05) is 5.56 Å². The Hall–Kier alpha value is -1.55. The highest BCUT2D eigenvalue weighted by atomic mass is 35.5. The van der Waals surface area contributed by atoms with Crippen LogP contribution in [0.3, 0.4) is 0 Å². The molecule has 2 aromatic rings. The Balaban J connectivity index is 0.00000156. The molecule has 1 aliphatic carbocycles. The first-order chi connectivity index (χ1) is 10.7. The normalized spacial score (nSPS) is 24.6. The Morgan fingerprint density at radius 3 is 2.39 bits per heavy atom. The van der Waals surface area contributed by atoms with E-state index in [4.69, 9.17) is 10.5 Å². The van der Waals surface area contributed by atoms with Crippen LogP contribution >= 0.6 is 12.4 Å². The first-order valence-electron chi connectivity index (χ1n) is 8.02. The summed E-state index contributed by atoms with van der Waals surface area (Å²) in [5.74, 6) is 0.788. The lowest BCUT2D eigenvalue weighted by molar-refractivity contribution is -0.0315. The fourth-order valence-electron chi connectivity index (χ4n) is 3.86. The molecule has 0 bridgehead atoms. The van der Waals surface area contributed by atoms with E-state index in [2.05, 4.69) is 18.2 Å². The van der Waals surface area contributed by atoms with Gasteiger partial charge in [-0.3, -0.25) is 0 Å². The van der Waals surface area contributed by atoms with Crippen LogP contribution in [-0.2, 0) is 0 Å². The van der Waals surface area contributed by atoms with Crippen molar-refractivity contribution in [2.45, 2.75) is 43.4 Å². The van der Waals surface area contributed by atoms with Crippen LogP contribution in [-0.4, -0.2) is 16.7 Å². The molecule has 1 heterocycles. The number of hydrogen-bond acceptors (Lipinski definition) is 3. The number of fused-ring (bicyclic) bond motifs is 1. The van der Waals surface area contributed by atoms with E-state index in [-0.39, 0.29) is 24.0 Å². The van der Waals surface area contributed by atoms with E-state index in [1.165, 1.54) is 0 Å². The molecule has 2 atom stereocenters. The molecule has 2 aromatic carbocycles. The Bertz CT molecular complexity index is 683. The van der Waals surface area contributed by atoms with Gasteiger partial charge in [0.1, 0.15) is 17.5 Å². The lowest BCUT2D eigenvalue weighted by Gasteiger charge is -2.43. The first-order valence-corrected chi connectivity index (χ1v) is 8.02. The van der Waals surface area contributed by atoms with Gasteiger partial charge in [0.15, 0.2) is 0 Å². The monoisotopic (exact) mass is 331 g/mol. The molecule has 3 N–H and O–H groups in total. The van der Waals surface area contributed by atoms with E-state index in [0.717, 1.165) is 48.1 Å². The number of rotatable bonds is 1. The minimum Gasteiger partial charge on any atom is -0.485 e. The van der Waals surface area contributed by atoms with Gasteiger partial charge < -0.3 is 15.6 Å². The van der Waals surface area contributed by atoms with Gasteiger partial charge >= 0.3 is 0 Å². The highest BCUT2D eigenvalue weighted by Crippen LogP contribution is 2.47. The summed E-state index contributed by atoms with van der Waals surface area (Å²) in [6, 6.07) is 15.9. The molecule has 0 aromatic heterocycles. The molecule has 0 radical (unpaired) electrons. The van der Waals surface area contributed by atoms with Crippen molar-refractivity contribution in [3.05, 3.63) is 54.1 Å². The second-order valence-electron chi connectivity index (χ2n) is 6.46. The van der Waals surface area contributed by atoms with E-state index in [0.29, 0.717) is 0 Å². The zero-order chi connectivity index (χ0) is 15.2. The van der Waals surface area contributed by atoms with E-state index in [9.17, 15) is 5.11 Å². The van der Waals surface area contributed by atoms with Crippen LogP contribution < -0.4 is 10.5 Å². The lowest BCUT2D eigenvalue weighted by Crippen LogP contribution is -2.56. The first kappa shape index (κ1) is 16.3. The number of hydrogen-bond donors (Lipinski definition) is 2. The largest absolute Gasteiger partial charge is 0.485 e. The van der Waals surface area contributed by atoms with Crippen molar-refractivity contribution in [3.8, 4) is 16.9 Å². The van der Waals surface area contributed by atoms with Crippen LogP contribution in [0.1, 0.15) is 37.4 Å². The van der Waals surface area contributed by atoms with Gasteiger partial charge in [0.25, 0.3) is 0 Å². The average molecular weight is 332 g/mol. The maximum Gasteiger partial charge on any atom is 0.127 e.